The van der Waals surface area contributed by atoms with Crippen LogP contribution < -0.4 is 15.0 Å². The molecule has 22 heavy (non-hydrogen) atoms. The summed E-state index contributed by atoms with van der Waals surface area (Å²) in [5.74, 6) is 0.680. The zero-order valence-electron chi connectivity index (χ0n) is 12.0. The third-order valence-electron chi connectivity index (χ3n) is 3.43. The molecular formula is C17H15N3O2. The van der Waals surface area contributed by atoms with Gasteiger partial charge >= 0.3 is 0 Å². The van der Waals surface area contributed by atoms with Crippen molar-refractivity contribution in [3.05, 3.63) is 54.1 Å². The summed E-state index contributed by atoms with van der Waals surface area (Å²) in [7, 11) is 0. The molecule has 0 fully saturated rings. The fourth-order valence-corrected chi connectivity index (χ4v) is 2.43. The molecule has 5 heteroatoms. The fourth-order valence-electron chi connectivity index (χ4n) is 2.43. The Labute approximate surface area is 128 Å². The SMILES string of the molecule is N#Cc1cccc(NC(=O)CN2CCOc3ccccc32)c1. The first-order chi connectivity index (χ1) is 10.8. The number of carbonyl (C=O) groups is 1. The van der Waals surface area contributed by atoms with E-state index in [1.165, 1.54) is 0 Å². The van der Waals surface area contributed by atoms with E-state index >= 15 is 0 Å². The summed E-state index contributed by atoms with van der Waals surface area (Å²) in [4.78, 5) is 14.2. The highest BCUT2D eigenvalue weighted by molar-refractivity contribution is 5.94. The lowest BCUT2D eigenvalue weighted by Crippen LogP contribution is -2.38. The molecule has 3 rings (SSSR count). The monoisotopic (exact) mass is 293 g/mol. The van der Waals surface area contributed by atoms with Gasteiger partial charge in [0.05, 0.1) is 30.4 Å². The molecule has 2 aromatic carbocycles. The molecule has 1 aliphatic heterocycles. The number of carbonyl (C=O) groups excluding carboxylic acids is 1. The van der Waals surface area contributed by atoms with Crippen LogP contribution in [0.3, 0.4) is 0 Å². The van der Waals surface area contributed by atoms with Crippen molar-refractivity contribution < 1.29 is 9.53 Å². The van der Waals surface area contributed by atoms with E-state index in [-0.39, 0.29) is 12.5 Å². The van der Waals surface area contributed by atoms with Crippen LogP contribution in [0.2, 0.25) is 0 Å². The molecule has 1 heterocycles. The van der Waals surface area contributed by atoms with Gasteiger partial charge in [0, 0.05) is 5.69 Å². The third kappa shape index (κ3) is 3.01. The molecular weight excluding hydrogens is 278 g/mol. The molecule has 2 aromatic rings. The van der Waals surface area contributed by atoms with E-state index in [0.29, 0.717) is 24.4 Å². The summed E-state index contributed by atoms with van der Waals surface area (Å²) in [6, 6.07) is 16.6. The van der Waals surface area contributed by atoms with Crippen LogP contribution in [0.4, 0.5) is 11.4 Å². The molecule has 1 aliphatic rings. The third-order valence-corrected chi connectivity index (χ3v) is 3.43. The Bertz CT molecular complexity index is 737. The summed E-state index contributed by atoms with van der Waals surface area (Å²) in [5.41, 5.74) is 2.08. The van der Waals surface area contributed by atoms with Crippen molar-refractivity contribution in [2.24, 2.45) is 0 Å². The van der Waals surface area contributed by atoms with Crippen LogP contribution in [-0.4, -0.2) is 25.6 Å². The van der Waals surface area contributed by atoms with Gasteiger partial charge in [0.15, 0.2) is 0 Å². The minimum absolute atomic E-state index is 0.119. The number of hydrogen-bond donors (Lipinski definition) is 1. The maximum Gasteiger partial charge on any atom is 0.243 e. The minimum Gasteiger partial charge on any atom is -0.490 e. The molecule has 0 aromatic heterocycles. The van der Waals surface area contributed by atoms with E-state index in [0.717, 1.165) is 11.4 Å². The number of nitrogens with zero attached hydrogens (tertiary/aromatic N) is 2. The van der Waals surface area contributed by atoms with Crippen LogP contribution in [0, 0.1) is 11.3 Å². The second-order valence-corrected chi connectivity index (χ2v) is 4.98. The normalized spacial score (nSPS) is 12.8. The zero-order valence-corrected chi connectivity index (χ0v) is 12.0. The Morgan fingerprint density at radius 1 is 1.27 bits per heavy atom. The number of para-hydroxylation sites is 2. The van der Waals surface area contributed by atoms with Gasteiger partial charge < -0.3 is 15.0 Å². The number of nitrogens with one attached hydrogen (secondary N) is 1. The molecule has 0 unspecified atom stereocenters. The predicted octanol–water partition coefficient (Wildman–Crippen LogP) is 2.40. The number of rotatable bonds is 3. The van der Waals surface area contributed by atoms with Gasteiger partial charge in [0.1, 0.15) is 12.4 Å². The minimum atomic E-state index is -0.119. The van der Waals surface area contributed by atoms with Gasteiger partial charge in [0.2, 0.25) is 5.91 Å². The second kappa shape index (κ2) is 6.19. The predicted molar refractivity (Wildman–Crippen MR) is 83.9 cm³/mol. The van der Waals surface area contributed by atoms with E-state index < -0.39 is 0 Å². The lowest BCUT2D eigenvalue weighted by molar-refractivity contribution is -0.115. The van der Waals surface area contributed by atoms with Gasteiger partial charge in [-0.15, -0.1) is 0 Å². The lowest BCUT2D eigenvalue weighted by Gasteiger charge is -2.30. The van der Waals surface area contributed by atoms with Gasteiger partial charge in [-0.2, -0.15) is 5.26 Å². The summed E-state index contributed by atoms with van der Waals surface area (Å²) < 4.78 is 5.57. The van der Waals surface area contributed by atoms with Crippen molar-refractivity contribution in [2.75, 3.05) is 29.9 Å². The summed E-state index contributed by atoms with van der Waals surface area (Å²) >= 11 is 0. The van der Waals surface area contributed by atoms with E-state index in [4.69, 9.17) is 10.00 Å². The van der Waals surface area contributed by atoms with Crippen molar-refractivity contribution in [2.45, 2.75) is 0 Å². The number of fused-ring (bicyclic) bond motifs is 1. The van der Waals surface area contributed by atoms with Crippen LogP contribution >= 0.6 is 0 Å². The molecule has 110 valence electrons. The maximum atomic E-state index is 12.2. The largest absolute Gasteiger partial charge is 0.490 e. The first-order valence-corrected chi connectivity index (χ1v) is 7.03. The quantitative estimate of drug-likeness (QED) is 0.943. The molecule has 1 N–H and O–H groups in total. The van der Waals surface area contributed by atoms with Crippen LogP contribution in [0.15, 0.2) is 48.5 Å². The first kappa shape index (κ1) is 14.0. The summed E-state index contributed by atoms with van der Waals surface area (Å²) in [6.07, 6.45) is 0. The molecule has 0 spiro atoms. The van der Waals surface area contributed by atoms with Crippen LogP contribution in [-0.2, 0) is 4.79 Å². The van der Waals surface area contributed by atoms with Crippen LogP contribution in [0.1, 0.15) is 5.56 Å². The molecule has 5 nitrogen and oxygen atoms in total. The van der Waals surface area contributed by atoms with E-state index in [2.05, 4.69) is 11.4 Å². The first-order valence-electron chi connectivity index (χ1n) is 7.03. The summed E-state index contributed by atoms with van der Waals surface area (Å²) in [6.45, 7) is 1.48. The highest BCUT2D eigenvalue weighted by Crippen LogP contribution is 2.30. The maximum absolute atomic E-state index is 12.2. The lowest BCUT2D eigenvalue weighted by atomic mass is 10.2. The molecule has 1 amide bonds. The second-order valence-electron chi connectivity index (χ2n) is 4.98. The van der Waals surface area contributed by atoms with Gasteiger partial charge in [-0.25, -0.2) is 0 Å². The molecule has 0 saturated heterocycles. The van der Waals surface area contributed by atoms with Gasteiger partial charge in [0.25, 0.3) is 0 Å². The number of hydrogen-bond acceptors (Lipinski definition) is 4. The Hall–Kier alpha value is -3.00. The molecule has 0 aliphatic carbocycles. The van der Waals surface area contributed by atoms with Crippen molar-refractivity contribution in [3.8, 4) is 11.8 Å². The average Bonchev–Trinajstić information content (AvgIpc) is 2.55. The number of anilines is 2. The Balaban J connectivity index is 1.69. The zero-order chi connectivity index (χ0) is 15.4. The number of ether oxygens (including phenoxy) is 1. The highest BCUT2D eigenvalue weighted by Gasteiger charge is 2.19. The van der Waals surface area contributed by atoms with Crippen molar-refractivity contribution >= 4 is 17.3 Å². The van der Waals surface area contributed by atoms with Gasteiger partial charge in [-0.05, 0) is 30.3 Å². The highest BCUT2D eigenvalue weighted by atomic mass is 16.5. The van der Waals surface area contributed by atoms with Crippen molar-refractivity contribution in [3.63, 3.8) is 0 Å². The molecule has 0 radical (unpaired) electrons. The van der Waals surface area contributed by atoms with E-state index in [1.54, 1.807) is 24.3 Å². The topological polar surface area (TPSA) is 65.4 Å². The fraction of sp³-hybridized carbons (Fsp3) is 0.176. The van der Waals surface area contributed by atoms with Gasteiger partial charge in [-0.1, -0.05) is 18.2 Å². The number of nitriles is 1. The van der Waals surface area contributed by atoms with Crippen molar-refractivity contribution in [1.29, 1.82) is 5.26 Å². The number of benzene rings is 2. The molecule has 0 bridgehead atoms. The molecule has 0 saturated carbocycles. The number of amides is 1. The van der Waals surface area contributed by atoms with Crippen LogP contribution in [0.5, 0.6) is 5.75 Å². The Morgan fingerprint density at radius 2 is 2.14 bits per heavy atom. The van der Waals surface area contributed by atoms with E-state index in [9.17, 15) is 4.79 Å². The average molecular weight is 293 g/mol. The standard InChI is InChI=1S/C17H15N3O2/c18-11-13-4-3-5-14(10-13)19-17(21)12-20-8-9-22-16-7-2-1-6-15(16)20/h1-7,10H,8-9,12H2,(H,19,21). The van der Waals surface area contributed by atoms with Gasteiger partial charge in [-0.3, -0.25) is 4.79 Å². The van der Waals surface area contributed by atoms with Crippen molar-refractivity contribution in [1.82, 2.24) is 0 Å². The Kier molecular flexibility index (Phi) is 3.92. The Morgan fingerprint density at radius 3 is 3.00 bits per heavy atom. The molecule has 0 atom stereocenters. The smallest absolute Gasteiger partial charge is 0.243 e. The summed E-state index contributed by atoms with van der Waals surface area (Å²) in [5, 5.41) is 11.7. The van der Waals surface area contributed by atoms with E-state index in [1.807, 2.05) is 29.2 Å². The van der Waals surface area contributed by atoms with Crippen LogP contribution in [0.25, 0.3) is 0 Å².